The third kappa shape index (κ3) is 3.68. The van der Waals surface area contributed by atoms with Crippen LogP contribution in [-0.2, 0) is 0 Å². The van der Waals surface area contributed by atoms with Gasteiger partial charge in [0, 0.05) is 28.4 Å². The first-order chi connectivity index (χ1) is 9.88. The summed E-state index contributed by atoms with van der Waals surface area (Å²) in [7, 11) is 0. The zero-order valence-corrected chi connectivity index (χ0v) is 14.1. The summed E-state index contributed by atoms with van der Waals surface area (Å²) in [5.41, 5.74) is 1.83. The maximum Gasteiger partial charge on any atom is 0.271 e. The molecule has 0 radical (unpaired) electrons. The first kappa shape index (κ1) is 15.7. The average molecular weight is 414 g/mol. The lowest BCUT2D eigenvalue weighted by atomic mass is 10.2. The Morgan fingerprint density at radius 2 is 2.00 bits per heavy atom. The second-order valence-corrected chi connectivity index (χ2v) is 6.08. The van der Waals surface area contributed by atoms with Gasteiger partial charge in [-0.05, 0) is 46.6 Å². The van der Waals surface area contributed by atoms with E-state index in [2.05, 4.69) is 36.9 Å². The van der Waals surface area contributed by atoms with Gasteiger partial charge in [0.15, 0.2) is 0 Å². The highest BCUT2D eigenvalue weighted by molar-refractivity contribution is 9.10. The van der Waals surface area contributed by atoms with Crippen molar-refractivity contribution >= 4 is 49.4 Å². The lowest BCUT2D eigenvalue weighted by Crippen LogP contribution is -1.92. The fraction of sp³-hybridized carbons (Fsp3) is 0.0714. The van der Waals surface area contributed by atoms with E-state index in [-0.39, 0.29) is 21.5 Å². The van der Waals surface area contributed by atoms with Gasteiger partial charge in [-0.2, -0.15) is 0 Å². The van der Waals surface area contributed by atoms with Crippen molar-refractivity contribution in [3.63, 3.8) is 0 Å². The summed E-state index contributed by atoms with van der Waals surface area (Å²) in [5, 5.41) is 20.8. The number of halogens is 2. The summed E-state index contributed by atoms with van der Waals surface area (Å²) >= 11 is 6.46. The Labute approximate surface area is 137 Å². The molecule has 2 rings (SSSR count). The number of rotatable bonds is 3. The van der Waals surface area contributed by atoms with E-state index in [1.807, 2.05) is 25.1 Å². The van der Waals surface area contributed by atoms with Crippen LogP contribution in [0.15, 0.2) is 44.3 Å². The molecule has 0 fully saturated rings. The van der Waals surface area contributed by atoms with Crippen molar-refractivity contribution in [1.29, 1.82) is 0 Å². The van der Waals surface area contributed by atoms with Crippen LogP contribution in [-0.4, -0.2) is 16.2 Å². The minimum Gasteiger partial charge on any atom is -0.506 e. The van der Waals surface area contributed by atoms with E-state index in [9.17, 15) is 15.2 Å². The van der Waals surface area contributed by atoms with Crippen LogP contribution in [0.25, 0.3) is 0 Å². The minimum absolute atomic E-state index is 0.0842. The number of phenols is 1. The van der Waals surface area contributed by atoms with Crippen LogP contribution in [0.2, 0.25) is 0 Å². The van der Waals surface area contributed by atoms with Crippen molar-refractivity contribution in [3.8, 4) is 5.75 Å². The maximum atomic E-state index is 10.8. The van der Waals surface area contributed by atoms with Crippen LogP contribution in [0.3, 0.4) is 0 Å². The number of nitro groups is 1. The van der Waals surface area contributed by atoms with Gasteiger partial charge < -0.3 is 5.11 Å². The number of hydrogen-bond acceptors (Lipinski definition) is 4. The Morgan fingerprint density at radius 3 is 2.62 bits per heavy atom. The van der Waals surface area contributed by atoms with Crippen molar-refractivity contribution in [1.82, 2.24) is 0 Å². The number of aliphatic imine (C=N–C) groups is 1. The molecule has 0 aliphatic heterocycles. The second kappa shape index (κ2) is 6.36. The van der Waals surface area contributed by atoms with Crippen molar-refractivity contribution in [2.45, 2.75) is 6.92 Å². The predicted molar refractivity (Wildman–Crippen MR) is 88.6 cm³/mol. The molecule has 0 atom stereocenters. The Balaban J connectivity index is 2.43. The molecule has 0 aliphatic rings. The molecular formula is C14H10Br2N2O3. The SMILES string of the molecule is Cc1cc(Br)ccc1N=Cc1cc([N+](=O)[O-])cc(Br)c1O. The van der Waals surface area contributed by atoms with Crippen molar-refractivity contribution < 1.29 is 10.0 Å². The van der Waals surface area contributed by atoms with Gasteiger partial charge in [0.1, 0.15) is 5.75 Å². The van der Waals surface area contributed by atoms with E-state index in [0.717, 1.165) is 15.7 Å². The second-order valence-electron chi connectivity index (χ2n) is 4.31. The molecule has 0 unspecified atom stereocenters. The van der Waals surface area contributed by atoms with Gasteiger partial charge in [-0.15, -0.1) is 0 Å². The first-order valence-corrected chi connectivity index (χ1v) is 7.44. The number of aryl methyl sites for hydroxylation is 1. The molecule has 0 saturated carbocycles. The van der Waals surface area contributed by atoms with E-state index in [4.69, 9.17) is 0 Å². The number of nitro benzene ring substituents is 1. The Morgan fingerprint density at radius 1 is 1.29 bits per heavy atom. The van der Waals surface area contributed by atoms with Crippen molar-refractivity contribution in [2.24, 2.45) is 4.99 Å². The van der Waals surface area contributed by atoms with Gasteiger partial charge in [-0.1, -0.05) is 15.9 Å². The molecular weight excluding hydrogens is 404 g/mol. The molecule has 5 nitrogen and oxygen atoms in total. The van der Waals surface area contributed by atoms with E-state index in [1.54, 1.807) is 0 Å². The Kier molecular flexibility index (Phi) is 4.74. The zero-order valence-electron chi connectivity index (χ0n) is 10.9. The topological polar surface area (TPSA) is 75.7 Å². The standard InChI is InChI=1S/C14H10Br2N2O3/c1-8-4-10(15)2-3-13(8)17-7-9-5-11(18(20)21)6-12(16)14(9)19/h2-7,19H,1H3. The van der Waals surface area contributed by atoms with Gasteiger partial charge in [-0.25, -0.2) is 0 Å². The van der Waals surface area contributed by atoms with E-state index >= 15 is 0 Å². The normalized spacial score (nSPS) is 11.0. The minimum atomic E-state index is -0.521. The van der Waals surface area contributed by atoms with E-state index in [1.165, 1.54) is 18.3 Å². The average Bonchev–Trinajstić information content (AvgIpc) is 2.41. The van der Waals surface area contributed by atoms with Gasteiger partial charge in [0.25, 0.3) is 5.69 Å². The van der Waals surface area contributed by atoms with Crippen molar-refractivity contribution in [2.75, 3.05) is 0 Å². The molecule has 0 spiro atoms. The molecule has 0 amide bonds. The summed E-state index contributed by atoms with van der Waals surface area (Å²) in [6.45, 7) is 1.90. The Hall–Kier alpha value is -1.73. The lowest BCUT2D eigenvalue weighted by Gasteiger charge is -2.03. The predicted octanol–water partition coefficient (Wildman–Crippen LogP) is 4.88. The highest BCUT2D eigenvalue weighted by atomic mass is 79.9. The number of hydrogen-bond donors (Lipinski definition) is 1. The molecule has 7 heteroatoms. The molecule has 1 N–H and O–H groups in total. The van der Waals surface area contributed by atoms with Gasteiger partial charge in [-0.3, -0.25) is 15.1 Å². The van der Waals surface area contributed by atoms with Gasteiger partial charge >= 0.3 is 0 Å². The highest BCUT2D eigenvalue weighted by Gasteiger charge is 2.13. The van der Waals surface area contributed by atoms with E-state index < -0.39 is 4.92 Å². The molecule has 0 aliphatic carbocycles. The van der Waals surface area contributed by atoms with Gasteiger partial charge in [0.05, 0.1) is 15.1 Å². The fourth-order valence-electron chi connectivity index (χ4n) is 1.71. The molecule has 21 heavy (non-hydrogen) atoms. The van der Waals surface area contributed by atoms with Crippen LogP contribution < -0.4 is 0 Å². The van der Waals surface area contributed by atoms with Gasteiger partial charge in [0.2, 0.25) is 0 Å². The molecule has 0 aromatic heterocycles. The molecule has 2 aromatic rings. The van der Waals surface area contributed by atoms with Crippen LogP contribution in [0.1, 0.15) is 11.1 Å². The summed E-state index contributed by atoms with van der Waals surface area (Å²) < 4.78 is 1.20. The fourth-order valence-corrected chi connectivity index (χ4v) is 2.65. The van der Waals surface area contributed by atoms with Crippen molar-refractivity contribution in [3.05, 3.63) is 60.5 Å². The molecule has 0 bridgehead atoms. The Bertz CT molecular complexity index is 745. The summed E-state index contributed by atoms with van der Waals surface area (Å²) in [6.07, 6.45) is 1.41. The third-order valence-corrected chi connectivity index (χ3v) is 3.89. The summed E-state index contributed by atoms with van der Waals surface area (Å²) in [5.74, 6) is -0.0842. The highest BCUT2D eigenvalue weighted by Crippen LogP contribution is 2.32. The van der Waals surface area contributed by atoms with E-state index in [0.29, 0.717) is 0 Å². The summed E-state index contributed by atoms with van der Waals surface area (Å²) in [4.78, 5) is 14.6. The largest absolute Gasteiger partial charge is 0.506 e. The monoisotopic (exact) mass is 412 g/mol. The maximum absolute atomic E-state index is 10.8. The number of non-ortho nitro benzene ring substituents is 1. The smallest absolute Gasteiger partial charge is 0.271 e. The first-order valence-electron chi connectivity index (χ1n) is 5.85. The number of nitrogens with zero attached hydrogens (tertiary/aromatic N) is 2. The molecule has 0 heterocycles. The third-order valence-electron chi connectivity index (χ3n) is 2.79. The number of aromatic hydroxyl groups is 1. The molecule has 2 aromatic carbocycles. The zero-order chi connectivity index (χ0) is 15.6. The number of benzene rings is 2. The molecule has 0 saturated heterocycles. The van der Waals surface area contributed by atoms with Crippen LogP contribution in [0, 0.1) is 17.0 Å². The molecule has 108 valence electrons. The quantitative estimate of drug-likeness (QED) is 0.442. The van der Waals surface area contributed by atoms with Crippen LogP contribution in [0.5, 0.6) is 5.75 Å². The lowest BCUT2D eigenvalue weighted by molar-refractivity contribution is -0.385. The van der Waals surface area contributed by atoms with Crippen LogP contribution in [0.4, 0.5) is 11.4 Å². The summed E-state index contributed by atoms with van der Waals surface area (Å²) in [6, 6.07) is 8.10. The number of phenolic OH excluding ortho intramolecular Hbond substituents is 1. The van der Waals surface area contributed by atoms with Crippen LogP contribution >= 0.6 is 31.9 Å².